The van der Waals surface area contributed by atoms with E-state index >= 15 is 0 Å². The Bertz CT molecular complexity index is 1220. The maximum Gasteiger partial charge on any atom is 0.320 e. The fourth-order valence-electron chi connectivity index (χ4n) is 6.22. The molecule has 0 amide bonds. The van der Waals surface area contributed by atoms with E-state index in [1.54, 1.807) is 38.4 Å². The lowest BCUT2D eigenvalue weighted by Gasteiger charge is -2.34. The van der Waals surface area contributed by atoms with Crippen LogP contribution >= 0.6 is 0 Å². The van der Waals surface area contributed by atoms with Gasteiger partial charge < -0.3 is 15.3 Å². The number of carbonyl (C=O) groups is 1. The van der Waals surface area contributed by atoms with Gasteiger partial charge in [-0.05, 0) is 106 Å². The van der Waals surface area contributed by atoms with Gasteiger partial charge in [-0.1, -0.05) is 96.1 Å². The molecule has 49 heavy (non-hydrogen) atoms. The summed E-state index contributed by atoms with van der Waals surface area (Å²) in [6, 6.07) is 11.6. The molecule has 1 aliphatic heterocycles. The topological polar surface area (TPSA) is 64.9 Å². The normalized spacial score (nSPS) is 16.6. The molecule has 5 nitrogen and oxygen atoms in total. The largest absolute Gasteiger partial charge is 0.480 e. The molecule has 2 aromatic rings. The second-order valence-electron chi connectivity index (χ2n) is 13.6. The summed E-state index contributed by atoms with van der Waals surface area (Å²) in [7, 11) is 3.42. The van der Waals surface area contributed by atoms with Gasteiger partial charge in [0.15, 0.2) is 11.6 Å². The lowest BCUT2D eigenvalue weighted by atomic mass is 9.88. The van der Waals surface area contributed by atoms with E-state index in [-0.39, 0.29) is 11.7 Å². The first-order valence-corrected chi connectivity index (χ1v) is 18.4. The summed E-state index contributed by atoms with van der Waals surface area (Å²) in [6.45, 7) is 14.1. The lowest BCUT2D eigenvalue weighted by molar-refractivity contribution is -0.140. The summed E-state index contributed by atoms with van der Waals surface area (Å²) in [6.07, 6.45) is 16.3. The summed E-state index contributed by atoms with van der Waals surface area (Å²) in [5, 5.41) is 11.2. The van der Waals surface area contributed by atoms with E-state index in [1.165, 1.54) is 114 Å². The van der Waals surface area contributed by atoms with Crippen LogP contribution < -0.4 is 5.32 Å². The first kappa shape index (κ1) is 44.1. The third-order valence-electron chi connectivity index (χ3n) is 9.21. The zero-order valence-electron chi connectivity index (χ0n) is 31.3. The van der Waals surface area contributed by atoms with E-state index in [0.29, 0.717) is 12.3 Å². The number of nitrogens with one attached hydrogen (secondary N) is 1. The minimum atomic E-state index is -0.801. The van der Waals surface area contributed by atoms with Gasteiger partial charge in [0, 0.05) is 25.7 Å². The second kappa shape index (κ2) is 25.9. The minimum Gasteiger partial charge on any atom is -0.480 e. The molecule has 0 bridgehead atoms. The van der Waals surface area contributed by atoms with Gasteiger partial charge in [-0.2, -0.15) is 0 Å². The molecule has 1 aliphatic carbocycles. The standard InChI is InChI=1S/C23H32F2N2.C6H5F.C6H13NO2.C6H14/c1-17(13-21(26-2)14-19-7-8-22(24)23(25)15-19)20-9-11-27(12-10-20)16-18-5-3-4-6-18;7-6-4-2-1-3-5-6;1-4(2)5(7-3)6(8)9;1-3-5-6-4-2/h7-8,13,15,18,20H,3-6,9-12,14,16H2,1-2H3;1-5H;4-5,7H,1-3H3,(H,8,9);3-6H2,1-2H3/b17-13+,26-21?;;;. The molecule has 2 N–H and O–H groups in total. The maximum atomic E-state index is 13.4. The van der Waals surface area contributed by atoms with Crippen LogP contribution in [0, 0.1) is 35.2 Å². The average Bonchev–Trinajstić information content (AvgIpc) is 3.60. The van der Waals surface area contributed by atoms with Crippen LogP contribution in [-0.2, 0) is 11.2 Å². The summed E-state index contributed by atoms with van der Waals surface area (Å²) in [5.41, 5.74) is 3.04. The number of nitrogens with zero attached hydrogens (tertiary/aromatic N) is 2. The van der Waals surface area contributed by atoms with E-state index in [2.05, 4.69) is 42.1 Å². The average molecular weight is 688 g/mol. The molecule has 2 aliphatic rings. The van der Waals surface area contributed by atoms with Crippen molar-refractivity contribution >= 4 is 11.7 Å². The molecule has 276 valence electrons. The summed E-state index contributed by atoms with van der Waals surface area (Å²) >= 11 is 0. The monoisotopic (exact) mass is 687 g/mol. The number of hydrogen-bond acceptors (Lipinski definition) is 4. The number of hydrogen-bond donors (Lipinski definition) is 2. The van der Waals surface area contributed by atoms with Gasteiger partial charge in [0.2, 0.25) is 0 Å². The molecule has 0 radical (unpaired) electrons. The molecule has 0 spiro atoms. The SMILES string of the molecule is CCCCCC.CN=C(/C=C(\C)C1CCN(CC2CCCC2)CC1)Cc1ccc(F)c(F)c1.CNC(C(=O)O)C(C)C.Fc1ccccc1. The van der Waals surface area contributed by atoms with Gasteiger partial charge in [-0.15, -0.1) is 0 Å². The zero-order chi connectivity index (χ0) is 36.6. The Morgan fingerprint density at radius 2 is 1.55 bits per heavy atom. The van der Waals surface area contributed by atoms with E-state index in [0.717, 1.165) is 17.2 Å². The van der Waals surface area contributed by atoms with E-state index in [1.807, 2.05) is 13.8 Å². The predicted octanol–water partition coefficient (Wildman–Crippen LogP) is 10.2. The van der Waals surface area contributed by atoms with Crippen LogP contribution in [0.15, 0.2) is 65.2 Å². The zero-order valence-corrected chi connectivity index (χ0v) is 31.3. The van der Waals surface area contributed by atoms with E-state index in [9.17, 15) is 18.0 Å². The highest BCUT2D eigenvalue weighted by molar-refractivity contribution is 5.97. The Kier molecular flexibility index (Phi) is 23.3. The number of rotatable bonds is 12. The first-order valence-electron chi connectivity index (χ1n) is 18.4. The predicted molar refractivity (Wildman–Crippen MR) is 200 cm³/mol. The number of carboxylic acids is 1. The fourth-order valence-corrected chi connectivity index (χ4v) is 6.22. The number of aliphatic imine (C=N–C) groups is 1. The fraction of sp³-hybridized carbons (Fsp3) is 0.610. The highest BCUT2D eigenvalue weighted by Gasteiger charge is 2.24. The van der Waals surface area contributed by atoms with Crippen LogP contribution in [-0.4, -0.2) is 61.5 Å². The lowest BCUT2D eigenvalue weighted by Crippen LogP contribution is -2.38. The van der Waals surface area contributed by atoms with Crippen molar-refractivity contribution in [1.82, 2.24) is 10.2 Å². The van der Waals surface area contributed by atoms with Crippen molar-refractivity contribution in [1.29, 1.82) is 0 Å². The molecule has 4 rings (SSSR count). The van der Waals surface area contributed by atoms with Crippen molar-refractivity contribution in [2.45, 2.75) is 111 Å². The molecular formula is C41H64F3N3O2. The van der Waals surface area contributed by atoms with Gasteiger partial charge in [-0.3, -0.25) is 9.79 Å². The number of likely N-dealkylation sites (N-methyl/N-ethyl adjacent to an activating group) is 1. The minimum absolute atomic E-state index is 0.146. The molecular weight excluding hydrogens is 623 g/mol. The Morgan fingerprint density at radius 1 is 0.959 bits per heavy atom. The molecule has 2 fully saturated rings. The van der Waals surface area contributed by atoms with Crippen molar-refractivity contribution in [3.8, 4) is 0 Å². The highest BCUT2D eigenvalue weighted by Crippen LogP contribution is 2.29. The van der Waals surface area contributed by atoms with Gasteiger partial charge in [0.25, 0.3) is 0 Å². The Balaban J connectivity index is 0.000000441. The molecule has 2 aromatic carbocycles. The number of benzene rings is 2. The summed E-state index contributed by atoms with van der Waals surface area (Å²) in [4.78, 5) is 17.3. The Labute approximate surface area is 295 Å². The van der Waals surface area contributed by atoms with Gasteiger partial charge in [0.1, 0.15) is 11.9 Å². The molecule has 8 heteroatoms. The van der Waals surface area contributed by atoms with E-state index in [4.69, 9.17) is 5.11 Å². The number of likely N-dealkylation sites (tertiary alicyclic amines) is 1. The van der Waals surface area contributed by atoms with Crippen molar-refractivity contribution in [2.24, 2.45) is 22.7 Å². The molecule has 1 saturated heterocycles. The summed E-state index contributed by atoms with van der Waals surface area (Å²) < 4.78 is 38.5. The van der Waals surface area contributed by atoms with Crippen molar-refractivity contribution < 1.29 is 23.1 Å². The van der Waals surface area contributed by atoms with Gasteiger partial charge >= 0.3 is 5.97 Å². The smallest absolute Gasteiger partial charge is 0.320 e. The van der Waals surface area contributed by atoms with Crippen molar-refractivity contribution in [3.05, 3.63) is 83.2 Å². The third kappa shape index (κ3) is 19.1. The van der Waals surface area contributed by atoms with Crippen LogP contribution in [0.3, 0.4) is 0 Å². The van der Waals surface area contributed by atoms with Crippen molar-refractivity contribution in [3.63, 3.8) is 0 Å². The van der Waals surface area contributed by atoms with Gasteiger partial charge in [-0.25, -0.2) is 13.2 Å². The maximum absolute atomic E-state index is 13.4. The first-order chi connectivity index (χ1) is 23.4. The van der Waals surface area contributed by atoms with Crippen LogP contribution in [0.2, 0.25) is 0 Å². The number of unbranched alkanes of at least 4 members (excludes halogenated alkanes) is 3. The Morgan fingerprint density at radius 3 is 1.96 bits per heavy atom. The second-order valence-corrected chi connectivity index (χ2v) is 13.6. The number of allylic oxidation sites excluding steroid dienone is 2. The van der Waals surface area contributed by atoms with Crippen LogP contribution in [0.4, 0.5) is 13.2 Å². The number of halogens is 3. The molecule has 1 unspecified atom stereocenters. The van der Waals surface area contributed by atoms with Crippen LogP contribution in [0.25, 0.3) is 0 Å². The highest BCUT2D eigenvalue weighted by atomic mass is 19.2. The van der Waals surface area contributed by atoms with Crippen LogP contribution in [0.5, 0.6) is 0 Å². The van der Waals surface area contributed by atoms with E-state index < -0.39 is 23.6 Å². The van der Waals surface area contributed by atoms with Crippen molar-refractivity contribution in [2.75, 3.05) is 33.7 Å². The molecule has 1 saturated carbocycles. The number of carboxylic acid groups (broad SMARTS) is 1. The quantitative estimate of drug-likeness (QED) is 0.172. The Hall–Kier alpha value is -2.97. The number of aliphatic carboxylic acids is 1. The summed E-state index contributed by atoms with van der Waals surface area (Å²) in [5.74, 6) is -0.884. The molecule has 1 atom stereocenters. The molecule has 0 aromatic heterocycles. The molecule has 1 heterocycles. The third-order valence-corrected chi connectivity index (χ3v) is 9.21. The van der Waals surface area contributed by atoms with Gasteiger partial charge in [0.05, 0.1) is 0 Å². The van der Waals surface area contributed by atoms with Crippen LogP contribution in [0.1, 0.15) is 104 Å². The number of piperidine rings is 1.